The van der Waals surface area contributed by atoms with E-state index in [0.29, 0.717) is 35.5 Å². The molecule has 0 saturated carbocycles. The predicted molar refractivity (Wildman–Crippen MR) is 96.7 cm³/mol. The van der Waals surface area contributed by atoms with Gasteiger partial charge >= 0.3 is 0 Å². The highest BCUT2D eigenvalue weighted by Gasteiger charge is 2.21. The molecule has 26 heavy (non-hydrogen) atoms. The number of aromatic nitrogens is 3. The van der Waals surface area contributed by atoms with Crippen LogP contribution in [0, 0.1) is 30.7 Å². The fourth-order valence-electron chi connectivity index (χ4n) is 3.26. The van der Waals surface area contributed by atoms with Crippen molar-refractivity contribution in [2.45, 2.75) is 40.2 Å². The first-order chi connectivity index (χ1) is 12.4. The van der Waals surface area contributed by atoms with Gasteiger partial charge in [0.25, 0.3) is 0 Å². The molecule has 0 radical (unpaired) electrons. The molecule has 0 aliphatic heterocycles. The summed E-state index contributed by atoms with van der Waals surface area (Å²) in [5.41, 5.74) is 3.84. The molecule has 6 heteroatoms. The van der Waals surface area contributed by atoms with Crippen molar-refractivity contribution < 1.29 is 13.6 Å². The largest absolute Gasteiger partial charge is 0.594 e. The van der Waals surface area contributed by atoms with Gasteiger partial charge in [-0.05, 0) is 44.4 Å². The molecule has 1 aromatic carbocycles. The van der Waals surface area contributed by atoms with Gasteiger partial charge in [0.1, 0.15) is 23.3 Å². The third-order valence-corrected chi connectivity index (χ3v) is 4.84. The van der Waals surface area contributed by atoms with Crippen LogP contribution in [-0.2, 0) is 19.4 Å². The molecule has 4 nitrogen and oxygen atoms in total. The summed E-state index contributed by atoms with van der Waals surface area (Å²) in [5.74, 6) is -1.21. The molecule has 0 amide bonds. The summed E-state index contributed by atoms with van der Waals surface area (Å²) in [6, 6.07) is 3.51. The van der Waals surface area contributed by atoms with Gasteiger partial charge in [0.2, 0.25) is 5.69 Å². The summed E-state index contributed by atoms with van der Waals surface area (Å²) in [7, 11) is 0. The van der Waals surface area contributed by atoms with Gasteiger partial charge in [-0.3, -0.25) is 0 Å². The van der Waals surface area contributed by atoms with Gasteiger partial charge in [-0.25, -0.2) is 8.78 Å². The summed E-state index contributed by atoms with van der Waals surface area (Å²) >= 11 is 0. The number of nitrogens with zero attached hydrogens (tertiary/aromatic N) is 3. The van der Waals surface area contributed by atoms with Gasteiger partial charge in [-0.15, -0.1) is 0 Å². The Bertz CT molecular complexity index is 993. The maximum atomic E-state index is 13.9. The van der Waals surface area contributed by atoms with Crippen LogP contribution in [0.4, 0.5) is 8.78 Å². The van der Waals surface area contributed by atoms with Crippen LogP contribution in [0.3, 0.4) is 0 Å². The molecule has 0 aliphatic carbocycles. The molecule has 0 unspecified atom stereocenters. The number of benzene rings is 1. The standard InChI is InChI=1S/C20H21F2N3O/c1-4-5-10-24-14(3)13(2)17-12-23-25(26)19(20(17)24)9-7-15-6-8-16(21)11-18(15)22/h4-6,8,11-12H,7,9-10H2,1-3H3. The van der Waals surface area contributed by atoms with E-state index in [4.69, 9.17) is 0 Å². The van der Waals surface area contributed by atoms with Crippen LogP contribution >= 0.6 is 0 Å². The third-order valence-electron chi connectivity index (χ3n) is 4.84. The van der Waals surface area contributed by atoms with Crippen molar-refractivity contribution in [2.75, 3.05) is 0 Å². The normalized spacial score (nSPS) is 11.7. The van der Waals surface area contributed by atoms with E-state index in [1.54, 1.807) is 6.20 Å². The molecule has 0 fully saturated rings. The van der Waals surface area contributed by atoms with Crippen molar-refractivity contribution in [3.05, 3.63) is 75.9 Å². The molecule has 0 spiro atoms. The fourth-order valence-corrected chi connectivity index (χ4v) is 3.26. The van der Waals surface area contributed by atoms with Gasteiger partial charge in [0.15, 0.2) is 0 Å². The average Bonchev–Trinajstić information content (AvgIpc) is 2.85. The van der Waals surface area contributed by atoms with Crippen LogP contribution in [0.15, 0.2) is 36.5 Å². The molecule has 0 N–H and O–H groups in total. The number of allylic oxidation sites excluding steroid dienone is 2. The topological polar surface area (TPSA) is 44.8 Å². The number of halogens is 2. The minimum Gasteiger partial charge on any atom is -0.594 e. The number of fused-ring (bicyclic) bond motifs is 1. The Labute approximate surface area is 151 Å². The highest BCUT2D eigenvalue weighted by molar-refractivity contribution is 5.85. The molecule has 3 aromatic rings. The van der Waals surface area contributed by atoms with E-state index in [0.717, 1.165) is 28.2 Å². The SMILES string of the molecule is CC=CCn1c(C)c(C)c2cn[n+]([O-])c(CCc3ccc(F)cc3F)c21. The second kappa shape index (κ2) is 7.23. The van der Waals surface area contributed by atoms with E-state index >= 15 is 0 Å². The monoisotopic (exact) mass is 357 g/mol. The highest BCUT2D eigenvalue weighted by Crippen LogP contribution is 2.26. The van der Waals surface area contributed by atoms with Gasteiger partial charge in [-0.1, -0.05) is 23.1 Å². The van der Waals surface area contributed by atoms with Crippen LogP contribution in [0.25, 0.3) is 10.9 Å². The van der Waals surface area contributed by atoms with E-state index in [1.807, 2.05) is 32.9 Å². The zero-order valence-electron chi connectivity index (χ0n) is 15.1. The first kappa shape index (κ1) is 18.0. The van der Waals surface area contributed by atoms with Crippen LogP contribution < -0.4 is 4.85 Å². The van der Waals surface area contributed by atoms with Gasteiger partial charge in [-0.2, -0.15) is 0 Å². The summed E-state index contributed by atoms with van der Waals surface area (Å²) in [6.07, 6.45) is 6.17. The molecule has 0 bridgehead atoms. The second-order valence-electron chi connectivity index (χ2n) is 6.35. The summed E-state index contributed by atoms with van der Waals surface area (Å²) in [4.78, 5) is 0.606. The molecule has 3 rings (SSSR count). The Hall–Kier alpha value is -2.76. The smallest absolute Gasteiger partial charge is 0.246 e. The lowest BCUT2D eigenvalue weighted by atomic mass is 10.1. The van der Waals surface area contributed by atoms with E-state index in [1.165, 1.54) is 12.1 Å². The molecule has 0 atom stereocenters. The summed E-state index contributed by atoms with van der Waals surface area (Å²) in [5, 5.41) is 17.2. The fraction of sp³-hybridized carbons (Fsp3) is 0.300. The third kappa shape index (κ3) is 3.19. The van der Waals surface area contributed by atoms with E-state index in [9.17, 15) is 14.0 Å². The van der Waals surface area contributed by atoms with Crippen molar-refractivity contribution in [1.82, 2.24) is 9.67 Å². The minimum absolute atomic E-state index is 0.294. The summed E-state index contributed by atoms with van der Waals surface area (Å²) in [6.45, 7) is 6.61. The lowest BCUT2D eigenvalue weighted by Crippen LogP contribution is -2.37. The predicted octanol–water partition coefficient (Wildman–Crippen LogP) is 3.93. The molecule has 136 valence electrons. The van der Waals surface area contributed by atoms with Crippen LogP contribution in [0.1, 0.15) is 29.4 Å². The summed E-state index contributed by atoms with van der Waals surface area (Å²) < 4.78 is 29.1. The Kier molecular flexibility index (Phi) is 5.02. The van der Waals surface area contributed by atoms with Crippen LogP contribution in [0.5, 0.6) is 0 Å². The second-order valence-corrected chi connectivity index (χ2v) is 6.35. The Morgan fingerprint density at radius 3 is 2.69 bits per heavy atom. The number of hydrogen-bond donors (Lipinski definition) is 0. The Morgan fingerprint density at radius 1 is 1.23 bits per heavy atom. The van der Waals surface area contributed by atoms with Crippen LogP contribution in [0.2, 0.25) is 0 Å². The van der Waals surface area contributed by atoms with Crippen molar-refractivity contribution in [3.63, 3.8) is 0 Å². The molecule has 2 heterocycles. The van der Waals surface area contributed by atoms with Crippen molar-refractivity contribution >= 4 is 10.9 Å². The molecular weight excluding hydrogens is 336 g/mol. The van der Waals surface area contributed by atoms with Crippen molar-refractivity contribution in [3.8, 4) is 0 Å². The first-order valence-electron chi connectivity index (χ1n) is 8.56. The molecule has 0 aliphatic rings. The lowest BCUT2D eigenvalue weighted by Gasteiger charge is -2.09. The maximum absolute atomic E-state index is 13.9. The Balaban J connectivity index is 2.06. The van der Waals surface area contributed by atoms with Gasteiger partial charge in [0, 0.05) is 35.2 Å². The van der Waals surface area contributed by atoms with Crippen LogP contribution in [-0.4, -0.2) is 9.67 Å². The zero-order valence-corrected chi connectivity index (χ0v) is 15.1. The zero-order chi connectivity index (χ0) is 18.8. The van der Waals surface area contributed by atoms with E-state index in [-0.39, 0.29) is 0 Å². The lowest BCUT2D eigenvalue weighted by molar-refractivity contribution is -0.675. The number of hydrogen-bond acceptors (Lipinski definition) is 2. The first-order valence-corrected chi connectivity index (χ1v) is 8.56. The minimum atomic E-state index is -0.611. The van der Waals surface area contributed by atoms with Crippen molar-refractivity contribution in [1.29, 1.82) is 0 Å². The van der Waals surface area contributed by atoms with Gasteiger partial charge in [0.05, 0.1) is 0 Å². The van der Waals surface area contributed by atoms with E-state index < -0.39 is 11.6 Å². The van der Waals surface area contributed by atoms with Gasteiger partial charge < -0.3 is 9.77 Å². The highest BCUT2D eigenvalue weighted by atomic mass is 19.1. The van der Waals surface area contributed by atoms with E-state index in [2.05, 4.69) is 9.67 Å². The van der Waals surface area contributed by atoms with Crippen molar-refractivity contribution in [2.24, 2.45) is 0 Å². The molecule has 0 saturated heterocycles. The maximum Gasteiger partial charge on any atom is 0.246 e. The Morgan fingerprint density at radius 2 is 2.00 bits per heavy atom. The molecule has 2 aromatic heterocycles. The average molecular weight is 357 g/mol. The number of aryl methyl sites for hydroxylation is 3. The number of rotatable bonds is 5. The quantitative estimate of drug-likeness (QED) is 0.395. The molecular formula is C20H21F2N3O.